The lowest BCUT2D eigenvalue weighted by atomic mass is 9.93. The summed E-state index contributed by atoms with van der Waals surface area (Å²) in [5.41, 5.74) is 2.00. The van der Waals surface area contributed by atoms with Gasteiger partial charge in [0.25, 0.3) is 0 Å². The van der Waals surface area contributed by atoms with Crippen molar-refractivity contribution in [3.63, 3.8) is 0 Å². The Kier molecular flexibility index (Phi) is 3.05. The minimum atomic E-state index is 0.244. The molecule has 1 heterocycles. The lowest BCUT2D eigenvalue weighted by Gasteiger charge is -2.11. The van der Waals surface area contributed by atoms with Gasteiger partial charge < -0.3 is 9.47 Å². The number of hydrogen-bond acceptors (Lipinski definition) is 3. The van der Waals surface area contributed by atoms with Crippen molar-refractivity contribution in [1.82, 2.24) is 0 Å². The molecule has 0 aromatic heterocycles. The molecule has 0 N–H and O–H groups in total. The number of carbonyl (C=O) groups excluding carboxylic acids is 1. The van der Waals surface area contributed by atoms with E-state index in [-0.39, 0.29) is 12.6 Å². The number of Topliss-reactive ketones (excluding diaryl/α,β-unsaturated/α-hetero) is 1. The second kappa shape index (κ2) is 4.84. The fourth-order valence-electron chi connectivity index (χ4n) is 2.44. The van der Waals surface area contributed by atoms with Gasteiger partial charge in [-0.2, -0.15) is 0 Å². The molecule has 0 saturated carbocycles. The number of ketones is 1. The molecular formula is C15H16O3. The Hall–Kier alpha value is -1.77. The lowest BCUT2D eigenvalue weighted by Crippen LogP contribution is -2.08. The molecule has 0 atom stereocenters. The van der Waals surface area contributed by atoms with Crippen LogP contribution in [-0.4, -0.2) is 12.6 Å². The summed E-state index contributed by atoms with van der Waals surface area (Å²) >= 11 is 0. The minimum absolute atomic E-state index is 0.244. The molecule has 3 heteroatoms. The Bertz CT molecular complexity index is 502. The summed E-state index contributed by atoms with van der Waals surface area (Å²) in [6.45, 7) is 0.276. The van der Waals surface area contributed by atoms with E-state index in [4.69, 9.17) is 9.47 Å². The van der Waals surface area contributed by atoms with E-state index in [2.05, 4.69) is 6.08 Å². The molecule has 0 unspecified atom stereocenters. The highest BCUT2D eigenvalue weighted by atomic mass is 16.7. The highest BCUT2D eigenvalue weighted by Gasteiger charge is 2.16. The van der Waals surface area contributed by atoms with E-state index in [0.29, 0.717) is 6.42 Å². The van der Waals surface area contributed by atoms with Gasteiger partial charge in [0.15, 0.2) is 17.3 Å². The van der Waals surface area contributed by atoms with Gasteiger partial charge in [-0.15, -0.1) is 0 Å². The van der Waals surface area contributed by atoms with Crippen molar-refractivity contribution in [1.29, 1.82) is 0 Å². The maximum atomic E-state index is 12.1. The minimum Gasteiger partial charge on any atom is -0.454 e. The van der Waals surface area contributed by atoms with Crippen molar-refractivity contribution in [3.05, 3.63) is 35.4 Å². The van der Waals surface area contributed by atoms with Gasteiger partial charge in [-0.1, -0.05) is 12.1 Å². The van der Waals surface area contributed by atoms with Crippen molar-refractivity contribution in [3.8, 4) is 11.5 Å². The maximum absolute atomic E-state index is 12.1. The van der Waals surface area contributed by atoms with Gasteiger partial charge in [0.2, 0.25) is 6.79 Å². The number of ether oxygens (including phenoxy) is 2. The second-order valence-corrected chi connectivity index (χ2v) is 4.76. The number of hydrogen-bond donors (Lipinski definition) is 0. The van der Waals surface area contributed by atoms with E-state index in [0.717, 1.165) is 41.9 Å². The van der Waals surface area contributed by atoms with E-state index < -0.39 is 0 Å². The summed E-state index contributed by atoms with van der Waals surface area (Å²) in [4.78, 5) is 12.1. The van der Waals surface area contributed by atoms with Gasteiger partial charge >= 0.3 is 0 Å². The summed E-state index contributed by atoms with van der Waals surface area (Å²) in [6, 6.07) is 5.72. The van der Waals surface area contributed by atoms with Crippen LogP contribution in [0.25, 0.3) is 0 Å². The molecular weight excluding hydrogens is 228 g/mol. The summed E-state index contributed by atoms with van der Waals surface area (Å²) in [6.07, 6.45) is 6.88. The molecule has 3 nitrogen and oxygen atoms in total. The zero-order chi connectivity index (χ0) is 12.4. The lowest BCUT2D eigenvalue weighted by molar-refractivity contribution is -0.115. The average Bonchev–Trinajstić information content (AvgIpc) is 2.87. The van der Waals surface area contributed by atoms with Crippen LogP contribution in [0, 0.1) is 0 Å². The largest absolute Gasteiger partial charge is 0.454 e. The van der Waals surface area contributed by atoms with Gasteiger partial charge in [-0.3, -0.25) is 4.79 Å². The van der Waals surface area contributed by atoms with Gasteiger partial charge in [0.1, 0.15) is 0 Å². The number of benzene rings is 1. The maximum Gasteiger partial charge on any atom is 0.231 e. The summed E-state index contributed by atoms with van der Waals surface area (Å²) in [7, 11) is 0. The van der Waals surface area contributed by atoms with E-state index >= 15 is 0 Å². The fourth-order valence-corrected chi connectivity index (χ4v) is 2.44. The number of rotatable bonds is 3. The second-order valence-electron chi connectivity index (χ2n) is 4.76. The quantitative estimate of drug-likeness (QED) is 0.819. The van der Waals surface area contributed by atoms with Crippen LogP contribution in [0.2, 0.25) is 0 Å². The van der Waals surface area contributed by atoms with Gasteiger partial charge in [0.05, 0.1) is 0 Å². The molecule has 0 amide bonds. The molecule has 0 bridgehead atoms. The third kappa shape index (κ3) is 2.26. The third-order valence-electron chi connectivity index (χ3n) is 3.45. The van der Waals surface area contributed by atoms with Crippen molar-refractivity contribution in [2.45, 2.75) is 32.1 Å². The molecule has 0 spiro atoms. The van der Waals surface area contributed by atoms with Crippen LogP contribution in [0.3, 0.4) is 0 Å². The molecule has 0 fully saturated rings. The van der Waals surface area contributed by atoms with Crippen LogP contribution in [0.15, 0.2) is 29.8 Å². The highest BCUT2D eigenvalue weighted by Crippen LogP contribution is 2.33. The first-order valence-electron chi connectivity index (χ1n) is 6.44. The fraction of sp³-hybridized carbons (Fsp3) is 0.400. The molecule has 1 aromatic carbocycles. The van der Waals surface area contributed by atoms with Crippen LogP contribution < -0.4 is 9.47 Å². The predicted molar refractivity (Wildman–Crippen MR) is 67.8 cm³/mol. The molecule has 18 heavy (non-hydrogen) atoms. The smallest absolute Gasteiger partial charge is 0.231 e. The van der Waals surface area contributed by atoms with E-state index in [1.54, 1.807) is 0 Å². The Morgan fingerprint density at radius 3 is 2.89 bits per heavy atom. The van der Waals surface area contributed by atoms with Crippen LogP contribution in [0.1, 0.15) is 31.2 Å². The molecule has 1 aliphatic carbocycles. The Morgan fingerprint density at radius 1 is 1.17 bits per heavy atom. The molecule has 3 rings (SSSR count). The topological polar surface area (TPSA) is 35.5 Å². The monoisotopic (exact) mass is 244 g/mol. The molecule has 0 saturated heterocycles. The molecule has 1 aliphatic heterocycles. The molecule has 1 aromatic rings. The van der Waals surface area contributed by atoms with E-state index in [1.165, 1.54) is 6.42 Å². The molecule has 2 aliphatic rings. The van der Waals surface area contributed by atoms with Gasteiger partial charge in [-0.25, -0.2) is 0 Å². The Balaban J connectivity index is 1.72. The standard InChI is InChI=1S/C15H16O3/c16-13(12-4-2-1-3-5-12)8-11-6-7-14-15(9-11)18-10-17-14/h4,6-7,9H,1-3,5,8,10H2. The summed E-state index contributed by atoms with van der Waals surface area (Å²) in [5, 5.41) is 0. The van der Waals surface area contributed by atoms with Gasteiger partial charge in [-0.05, 0) is 49.0 Å². The van der Waals surface area contributed by atoms with E-state index in [9.17, 15) is 4.79 Å². The number of carbonyl (C=O) groups is 1. The van der Waals surface area contributed by atoms with Crippen molar-refractivity contribution in [2.24, 2.45) is 0 Å². The normalized spacial score (nSPS) is 17.4. The van der Waals surface area contributed by atoms with Crippen molar-refractivity contribution < 1.29 is 14.3 Å². The predicted octanol–water partition coefficient (Wildman–Crippen LogP) is 3.03. The summed E-state index contributed by atoms with van der Waals surface area (Å²) < 4.78 is 10.6. The SMILES string of the molecule is O=C(Cc1ccc2c(c1)OCO2)C1=CCCCC1. The van der Waals surface area contributed by atoms with Gasteiger partial charge in [0, 0.05) is 6.42 Å². The van der Waals surface area contributed by atoms with Crippen LogP contribution in [-0.2, 0) is 11.2 Å². The van der Waals surface area contributed by atoms with Crippen molar-refractivity contribution >= 4 is 5.78 Å². The Morgan fingerprint density at radius 2 is 2.06 bits per heavy atom. The Labute approximate surface area is 106 Å². The first-order chi connectivity index (χ1) is 8.83. The molecule has 94 valence electrons. The average molecular weight is 244 g/mol. The zero-order valence-electron chi connectivity index (χ0n) is 10.3. The molecule has 0 radical (unpaired) electrons. The van der Waals surface area contributed by atoms with Crippen LogP contribution in [0.5, 0.6) is 11.5 Å². The van der Waals surface area contributed by atoms with Crippen LogP contribution >= 0.6 is 0 Å². The van der Waals surface area contributed by atoms with Crippen LogP contribution in [0.4, 0.5) is 0 Å². The highest BCUT2D eigenvalue weighted by molar-refractivity contribution is 5.96. The number of allylic oxidation sites excluding steroid dienone is 2. The first kappa shape index (κ1) is 11.3. The van der Waals surface area contributed by atoms with Crippen molar-refractivity contribution in [2.75, 3.05) is 6.79 Å². The van der Waals surface area contributed by atoms with E-state index in [1.807, 2.05) is 18.2 Å². The third-order valence-corrected chi connectivity index (χ3v) is 3.45. The first-order valence-corrected chi connectivity index (χ1v) is 6.44. The zero-order valence-corrected chi connectivity index (χ0v) is 10.3. The number of fused-ring (bicyclic) bond motifs is 1. The summed E-state index contributed by atoms with van der Waals surface area (Å²) in [5.74, 6) is 1.76.